The first kappa shape index (κ1) is 10.2. The van der Waals surface area contributed by atoms with Crippen LogP contribution in [0, 0.1) is 10.1 Å². The van der Waals surface area contributed by atoms with Crippen molar-refractivity contribution in [2.75, 3.05) is 6.61 Å². The molecule has 1 aromatic rings. The molecule has 0 bridgehead atoms. The smallest absolute Gasteiger partial charge is 0.404 e. The molecule has 0 aliphatic heterocycles. The lowest BCUT2D eigenvalue weighted by molar-refractivity contribution is -0.390. The second-order valence-corrected chi connectivity index (χ2v) is 2.52. The Bertz CT molecular complexity index is 371. The van der Waals surface area contributed by atoms with E-state index < -0.39 is 16.7 Å². The Morgan fingerprint density at radius 3 is 2.93 bits per heavy atom. The molecular weight excluding hydrogens is 190 g/mol. The van der Waals surface area contributed by atoms with Crippen LogP contribution in [0.4, 0.5) is 5.82 Å². The summed E-state index contributed by atoms with van der Waals surface area (Å²) in [5, 5.41) is 14.0. The molecule has 7 heteroatoms. The van der Waals surface area contributed by atoms with Crippen LogP contribution in [-0.2, 0) is 11.8 Å². The quantitative estimate of drug-likeness (QED) is 0.402. The Hall–Kier alpha value is -1.92. The first-order chi connectivity index (χ1) is 6.56. The van der Waals surface area contributed by atoms with Crippen molar-refractivity contribution in [3.63, 3.8) is 0 Å². The lowest BCUT2D eigenvalue weighted by Crippen LogP contribution is -2.06. The summed E-state index contributed by atoms with van der Waals surface area (Å²) in [6.07, 6.45) is 1.26. The number of rotatable bonds is 3. The number of esters is 1. The van der Waals surface area contributed by atoms with Gasteiger partial charge in [-0.3, -0.25) is 0 Å². The van der Waals surface area contributed by atoms with Gasteiger partial charge in [0.05, 0.1) is 25.0 Å². The second-order valence-electron chi connectivity index (χ2n) is 2.52. The third kappa shape index (κ3) is 1.87. The van der Waals surface area contributed by atoms with Gasteiger partial charge in [-0.2, -0.15) is 4.68 Å². The van der Waals surface area contributed by atoms with Crippen LogP contribution >= 0.6 is 0 Å². The standard InChI is InChI=1S/C7H9N3O4/c1-3-14-7(11)5-4-9(2)8-6(5)10(12)13/h4H,3H2,1-2H3. The third-order valence-corrected chi connectivity index (χ3v) is 1.48. The van der Waals surface area contributed by atoms with Gasteiger partial charge in [0.2, 0.25) is 0 Å². The molecular formula is C7H9N3O4. The molecule has 0 fully saturated rings. The van der Waals surface area contributed by atoms with Gasteiger partial charge in [-0.05, 0) is 11.8 Å². The number of nitrogens with zero attached hydrogens (tertiary/aromatic N) is 3. The largest absolute Gasteiger partial charge is 0.462 e. The van der Waals surface area contributed by atoms with Crippen LogP contribution in [0.3, 0.4) is 0 Å². The van der Waals surface area contributed by atoms with Crippen molar-refractivity contribution in [1.29, 1.82) is 0 Å². The van der Waals surface area contributed by atoms with Crippen molar-refractivity contribution in [2.45, 2.75) is 6.92 Å². The van der Waals surface area contributed by atoms with E-state index in [1.54, 1.807) is 6.92 Å². The summed E-state index contributed by atoms with van der Waals surface area (Å²) < 4.78 is 5.83. The predicted octanol–water partition coefficient (Wildman–Crippen LogP) is 0.505. The number of ether oxygens (including phenoxy) is 1. The van der Waals surface area contributed by atoms with E-state index in [0.29, 0.717) is 0 Å². The van der Waals surface area contributed by atoms with Crippen LogP contribution in [-0.4, -0.2) is 27.3 Å². The van der Waals surface area contributed by atoms with Crippen LogP contribution in [0.5, 0.6) is 0 Å². The summed E-state index contributed by atoms with van der Waals surface area (Å²) in [5.74, 6) is -1.21. The van der Waals surface area contributed by atoms with Crippen molar-refractivity contribution in [3.8, 4) is 0 Å². The number of hydrogen-bond acceptors (Lipinski definition) is 5. The first-order valence-corrected chi connectivity index (χ1v) is 3.91. The molecule has 14 heavy (non-hydrogen) atoms. The van der Waals surface area contributed by atoms with E-state index in [1.165, 1.54) is 17.9 Å². The van der Waals surface area contributed by atoms with Gasteiger partial charge < -0.3 is 14.9 Å². The highest BCUT2D eigenvalue weighted by atomic mass is 16.6. The van der Waals surface area contributed by atoms with Crippen LogP contribution in [0.1, 0.15) is 17.3 Å². The number of hydrogen-bond donors (Lipinski definition) is 0. The SMILES string of the molecule is CCOC(=O)c1cn(C)nc1[N+](=O)[O-]. The molecule has 0 radical (unpaired) electrons. The fraction of sp³-hybridized carbons (Fsp3) is 0.429. The summed E-state index contributed by atoms with van der Waals surface area (Å²) in [6.45, 7) is 1.80. The van der Waals surface area contributed by atoms with Crippen molar-refractivity contribution in [1.82, 2.24) is 9.78 Å². The minimum absolute atomic E-state index is 0.126. The molecule has 0 aliphatic rings. The minimum atomic E-state index is -0.729. The lowest BCUT2D eigenvalue weighted by atomic mass is 10.3. The van der Waals surface area contributed by atoms with E-state index in [0.717, 1.165) is 0 Å². The molecule has 0 aliphatic carbocycles. The minimum Gasteiger partial charge on any atom is -0.462 e. The summed E-state index contributed by atoms with van der Waals surface area (Å²) >= 11 is 0. The van der Waals surface area contributed by atoms with E-state index in [2.05, 4.69) is 9.84 Å². The molecule has 0 aromatic carbocycles. The fourth-order valence-corrected chi connectivity index (χ4v) is 0.964. The average Bonchev–Trinajstić information content (AvgIpc) is 2.48. The van der Waals surface area contributed by atoms with E-state index in [1.807, 2.05) is 0 Å². The van der Waals surface area contributed by atoms with E-state index in [4.69, 9.17) is 0 Å². The Balaban J connectivity index is 3.06. The second kappa shape index (κ2) is 3.86. The Morgan fingerprint density at radius 2 is 2.43 bits per heavy atom. The normalized spacial score (nSPS) is 9.86. The number of carbonyl (C=O) groups excluding carboxylic acids is 1. The lowest BCUT2D eigenvalue weighted by Gasteiger charge is -1.96. The van der Waals surface area contributed by atoms with Crippen LogP contribution in [0.15, 0.2) is 6.20 Å². The molecule has 76 valence electrons. The Labute approximate surface area is 79.4 Å². The van der Waals surface area contributed by atoms with E-state index >= 15 is 0 Å². The van der Waals surface area contributed by atoms with Crippen molar-refractivity contribution < 1.29 is 14.5 Å². The highest BCUT2D eigenvalue weighted by molar-refractivity contribution is 5.92. The zero-order valence-corrected chi connectivity index (χ0v) is 7.76. The van der Waals surface area contributed by atoms with Crippen molar-refractivity contribution in [3.05, 3.63) is 21.9 Å². The summed E-state index contributed by atoms with van der Waals surface area (Å²) in [4.78, 5) is 21.0. The maximum absolute atomic E-state index is 11.2. The van der Waals surface area contributed by atoms with E-state index in [-0.39, 0.29) is 12.2 Å². The molecule has 0 saturated heterocycles. The maximum atomic E-state index is 11.2. The highest BCUT2D eigenvalue weighted by Gasteiger charge is 2.26. The summed E-state index contributed by atoms with van der Waals surface area (Å²) in [7, 11) is 1.50. The van der Waals surface area contributed by atoms with Crippen LogP contribution < -0.4 is 0 Å². The van der Waals surface area contributed by atoms with Gasteiger partial charge in [-0.25, -0.2) is 4.79 Å². The number of aryl methyl sites for hydroxylation is 1. The monoisotopic (exact) mass is 199 g/mol. The summed E-state index contributed by atoms with van der Waals surface area (Å²) in [6, 6.07) is 0. The molecule has 0 saturated carbocycles. The van der Waals surface area contributed by atoms with Gasteiger partial charge >= 0.3 is 11.8 Å². The summed E-state index contributed by atoms with van der Waals surface area (Å²) in [5.41, 5.74) is -0.126. The molecule has 1 heterocycles. The van der Waals surface area contributed by atoms with Crippen LogP contribution in [0.2, 0.25) is 0 Å². The number of carbonyl (C=O) groups is 1. The topological polar surface area (TPSA) is 87.3 Å². The van der Waals surface area contributed by atoms with Gasteiger partial charge in [-0.15, -0.1) is 0 Å². The first-order valence-electron chi connectivity index (χ1n) is 3.91. The highest BCUT2D eigenvalue weighted by Crippen LogP contribution is 2.15. The van der Waals surface area contributed by atoms with Gasteiger partial charge in [-0.1, -0.05) is 0 Å². The molecule has 0 N–H and O–H groups in total. The Morgan fingerprint density at radius 1 is 1.79 bits per heavy atom. The molecule has 0 amide bonds. The molecule has 0 unspecified atom stereocenters. The predicted molar refractivity (Wildman–Crippen MR) is 45.8 cm³/mol. The fourth-order valence-electron chi connectivity index (χ4n) is 0.964. The molecule has 0 atom stereocenters. The molecule has 0 spiro atoms. The maximum Gasteiger partial charge on any atom is 0.404 e. The average molecular weight is 199 g/mol. The number of nitro groups is 1. The number of aromatic nitrogens is 2. The Kier molecular flexibility index (Phi) is 2.80. The molecule has 1 aromatic heterocycles. The molecule has 7 nitrogen and oxygen atoms in total. The van der Waals surface area contributed by atoms with Gasteiger partial charge in [0, 0.05) is 0 Å². The molecule has 1 rings (SSSR count). The van der Waals surface area contributed by atoms with Gasteiger partial charge in [0.25, 0.3) is 0 Å². The van der Waals surface area contributed by atoms with Gasteiger partial charge in [0.15, 0.2) is 5.56 Å². The van der Waals surface area contributed by atoms with Crippen LogP contribution in [0.25, 0.3) is 0 Å². The van der Waals surface area contributed by atoms with Crippen molar-refractivity contribution in [2.24, 2.45) is 7.05 Å². The van der Waals surface area contributed by atoms with Gasteiger partial charge in [0.1, 0.15) is 0 Å². The van der Waals surface area contributed by atoms with Crippen molar-refractivity contribution >= 4 is 11.8 Å². The third-order valence-electron chi connectivity index (χ3n) is 1.48. The van der Waals surface area contributed by atoms with E-state index in [9.17, 15) is 14.9 Å². The zero-order valence-electron chi connectivity index (χ0n) is 7.76. The zero-order chi connectivity index (χ0) is 10.7.